The first-order chi connectivity index (χ1) is 10.9. The molecule has 1 aromatic rings. The average Bonchev–Trinajstić information content (AvgIpc) is 2.50. The highest BCUT2D eigenvalue weighted by molar-refractivity contribution is 5.78. The predicted octanol–water partition coefficient (Wildman–Crippen LogP) is 2.78. The number of carboxylic acid groups (broad SMARTS) is 1. The van der Waals surface area contributed by atoms with Gasteiger partial charge in [0, 0.05) is 12.6 Å². The van der Waals surface area contributed by atoms with E-state index in [1.807, 2.05) is 39.0 Å². The number of piperidine rings is 1. The van der Waals surface area contributed by atoms with Crippen LogP contribution in [0.5, 0.6) is 5.75 Å². The van der Waals surface area contributed by atoms with Gasteiger partial charge in [0.2, 0.25) is 5.91 Å². The molecule has 1 amide bonds. The van der Waals surface area contributed by atoms with Gasteiger partial charge in [-0.2, -0.15) is 0 Å². The van der Waals surface area contributed by atoms with Gasteiger partial charge < -0.3 is 14.7 Å². The van der Waals surface area contributed by atoms with Crippen molar-refractivity contribution < 1.29 is 19.4 Å². The molecule has 2 rings (SSSR count). The van der Waals surface area contributed by atoms with E-state index in [4.69, 9.17) is 4.74 Å². The second kappa shape index (κ2) is 7.49. The van der Waals surface area contributed by atoms with Crippen LogP contribution in [0.4, 0.5) is 0 Å². The van der Waals surface area contributed by atoms with Gasteiger partial charge in [0.15, 0.2) is 0 Å². The van der Waals surface area contributed by atoms with E-state index in [1.54, 1.807) is 4.90 Å². The predicted molar refractivity (Wildman–Crippen MR) is 87.6 cm³/mol. The molecule has 1 saturated heterocycles. The Morgan fingerprint density at radius 3 is 2.70 bits per heavy atom. The third-order valence-corrected chi connectivity index (χ3v) is 4.69. The molecule has 0 unspecified atom stereocenters. The number of carbonyl (C=O) groups is 2. The molecule has 1 heterocycles. The number of amides is 1. The van der Waals surface area contributed by atoms with Gasteiger partial charge in [-0.05, 0) is 56.9 Å². The highest BCUT2D eigenvalue weighted by Gasteiger charge is 2.34. The van der Waals surface area contributed by atoms with Gasteiger partial charge in [-0.25, -0.2) is 0 Å². The summed E-state index contributed by atoms with van der Waals surface area (Å²) in [6.45, 7) is 6.82. The maximum atomic E-state index is 12.3. The third-order valence-electron chi connectivity index (χ3n) is 4.69. The Labute approximate surface area is 137 Å². The topological polar surface area (TPSA) is 66.8 Å². The minimum Gasteiger partial charge on any atom is -0.493 e. The van der Waals surface area contributed by atoms with Crippen molar-refractivity contribution in [2.45, 2.75) is 46.1 Å². The molecule has 0 bridgehead atoms. The average molecular weight is 319 g/mol. The Morgan fingerprint density at radius 2 is 2.04 bits per heavy atom. The zero-order valence-corrected chi connectivity index (χ0v) is 14.0. The van der Waals surface area contributed by atoms with Crippen molar-refractivity contribution >= 4 is 11.9 Å². The lowest BCUT2D eigenvalue weighted by Gasteiger charge is -2.37. The summed E-state index contributed by atoms with van der Waals surface area (Å²) in [6, 6.07) is 5.60. The van der Waals surface area contributed by atoms with Crippen molar-refractivity contribution in [2.24, 2.45) is 5.92 Å². The van der Waals surface area contributed by atoms with E-state index in [0.717, 1.165) is 17.7 Å². The molecule has 1 aliphatic rings. The normalized spacial score (nSPS) is 21.1. The lowest BCUT2D eigenvalue weighted by Crippen LogP contribution is -2.49. The van der Waals surface area contributed by atoms with E-state index >= 15 is 0 Å². The Bertz CT molecular complexity index is 584. The first kappa shape index (κ1) is 17.3. The molecule has 5 nitrogen and oxygen atoms in total. The molecular formula is C18H25NO4. The largest absolute Gasteiger partial charge is 0.493 e. The van der Waals surface area contributed by atoms with E-state index in [1.165, 1.54) is 5.56 Å². The van der Waals surface area contributed by atoms with Gasteiger partial charge in [-0.3, -0.25) is 9.59 Å². The number of likely N-dealkylation sites (tertiary alicyclic amines) is 1. The Hall–Kier alpha value is -2.04. The summed E-state index contributed by atoms with van der Waals surface area (Å²) >= 11 is 0. The lowest BCUT2D eigenvalue weighted by atomic mass is 9.90. The van der Waals surface area contributed by atoms with Gasteiger partial charge in [0.25, 0.3) is 0 Å². The van der Waals surface area contributed by atoms with Crippen molar-refractivity contribution in [2.75, 3.05) is 13.2 Å². The molecule has 23 heavy (non-hydrogen) atoms. The summed E-state index contributed by atoms with van der Waals surface area (Å²) in [7, 11) is 0. The van der Waals surface area contributed by atoms with Crippen molar-refractivity contribution in [1.82, 2.24) is 4.90 Å². The highest BCUT2D eigenvalue weighted by Crippen LogP contribution is 2.24. The molecule has 0 saturated carbocycles. The lowest BCUT2D eigenvalue weighted by molar-refractivity contribution is -0.149. The fourth-order valence-electron chi connectivity index (χ4n) is 3.03. The van der Waals surface area contributed by atoms with E-state index in [-0.39, 0.29) is 18.4 Å². The number of benzene rings is 1. The molecule has 1 aromatic carbocycles. The van der Waals surface area contributed by atoms with Gasteiger partial charge in [0.05, 0.1) is 18.9 Å². The molecule has 2 atom stereocenters. The molecular weight excluding hydrogens is 294 g/mol. The number of hydrogen-bond acceptors (Lipinski definition) is 3. The fourth-order valence-corrected chi connectivity index (χ4v) is 3.03. The molecule has 0 aromatic heterocycles. The van der Waals surface area contributed by atoms with Crippen LogP contribution in [0.15, 0.2) is 18.2 Å². The molecule has 126 valence electrons. The summed E-state index contributed by atoms with van der Waals surface area (Å²) < 4.78 is 5.65. The van der Waals surface area contributed by atoms with Gasteiger partial charge >= 0.3 is 5.97 Å². The molecule has 1 N–H and O–H groups in total. The maximum absolute atomic E-state index is 12.3. The van der Waals surface area contributed by atoms with Gasteiger partial charge in [-0.15, -0.1) is 0 Å². The zero-order chi connectivity index (χ0) is 17.0. The standard InChI is InChI=1S/C18H25NO4/c1-12-6-7-15(11-13(12)2)23-10-8-17(20)19-9-4-5-16(14(19)3)18(21)22/h6-7,11,14,16H,4-5,8-10H2,1-3H3,(H,21,22)/t14-,16-/m1/s1. The molecule has 0 aliphatic carbocycles. The van der Waals surface area contributed by atoms with Crippen LogP contribution >= 0.6 is 0 Å². The molecule has 0 radical (unpaired) electrons. The fraction of sp³-hybridized carbons (Fsp3) is 0.556. The van der Waals surface area contributed by atoms with Gasteiger partial charge in [0.1, 0.15) is 5.75 Å². The minimum atomic E-state index is -0.818. The minimum absolute atomic E-state index is 0.0349. The van der Waals surface area contributed by atoms with Crippen LogP contribution in [0, 0.1) is 19.8 Å². The number of ether oxygens (including phenoxy) is 1. The van der Waals surface area contributed by atoms with Crippen molar-refractivity contribution in [1.29, 1.82) is 0 Å². The van der Waals surface area contributed by atoms with Crippen molar-refractivity contribution in [3.63, 3.8) is 0 Å². The molecule has 1 fully saturated rings. The second-order valence-corrected chi connectivity index (χ2v) is 6.26. The number of nitrogens with zero attached hydrogens (tertiary/aromatic N) is 1. The van der Waals surface area contributed by atoms with Gasteiger partial charge in [-0.1, -0.05) is 6.07 Å². The van der Waals surface area contributed by atoms with Crippen molar-refractivity contribution in [3.8, 4) is 5.75 Å². The Morgan fingerprint density at radius 1 is 1.30 bits per heavy atom. The Kier molecular flexibility index (Phi) is 5.64. The number of carboxylic acids is 1. The van der Waals surface area contributed by atoms with Crippen LogP contribution in [-0.4, -0.2) is 41.1 Å². The smallest absolute Gasteiger partial charge is 0.308 e. The quantitative estimate of drug-likeness (QED) is 0.906. The number of hydrogen-bond donors (Lipinski definition) is 1. The number of carbonyl (C=O) groups excluding carboxylic acids is 1. The zero-order valence-electron chi connectivity index (χ0n) is 14.0. The summed E-state index contributed by atoms with van der Waals surface area (Å²) in [5.41, 5.74) is 2.36. The summed E-state index contributed by atoms with van der Waals surface area (Å²) in [4.78, 5) is 25.3. The van der Waals surface area contributed by atoms with Crippen LogP contribution in [0.2, 0.25) is 0 Å². The van der Waals surface area contributed by atoms with Crippen LogP contribution in [0.3, 0.4) is 0 Å². The summed E-state index contributed by atoms with van der Waals surface area (Å²) in [6.07, 6.45) is 1.65. The SMILES string of the molecule is Cc1ccc(OCCC(=O)N2CCC[C@@H](C(=O)O)[C@H]2C)cc1C. The molecule has 1 aliphatic heterocycles. The maximum Gasteiger partial charge on any atom is 0.308 e. The van der Waals surface area contributed by atoms with E-state index < -0.39 is 11.9 Å². The summed E-state index contributed by atoms with van der Waals surface area (Å²) in [5.74, 6) is -0.557. The monoisotopic (exact) mass is 319 g/mol. The van der Waals surface area contributed by atoms with Crippen LogP contribution in [0.1, 0.15) is 37.3 Å². The van der Waals surface area contributed by atoms with E-state index in [2.05, 4.69) is 0 Å². The van der Waals surface area contributed by atoms with Crippen LogP contribution in [0.25, 0.3) is 0 Å². The first-order valence-electron chi connectivity index (χ1n) is 8.12. The number of aryl methyl sites for hydroxylation is 2. The van der Waals surface area contributed by atoms with E-state index in [9.17, 15) is 14.7 Å². The van der Waals surface area contributed by atoms with Crippen LogP contribution in [-0.2, 0) is 9.59 Å². The molecule has 0 spiro atoms. The summed E-state index contributed by atoms with van der Waals surface area (Å²) in [5, 5.41) is 9.22. The first-order valence-corrected chi connectivity index (χ1v) is 8.12. The highest BCUT2D eigenvalue weighted by atomic mass is 16.5. The number of rotatable bonds is 5. The second-order valence-electron chi connectivity index (χ2n) is 6.26. The van der Waals surface area contributed by atoms with E-state index in [0.29, 0.717) is 19.6 Å². The molecule has 5 heteroatoms. The van der Waals surface area contributed by atoms with Crippen molar-refractivity contribution in [3.05, 3.63) is 29.3 Å². The van der Waals surface area contributed by atoms with Crippen LogP contribution < -0.4 is 4.74 Å². The third kappa shape index (κ3) is 4.24. The number of aliphatic carboxylic acids is 1. The Balaban J connectivity index is 1.86.